The van der Waals surface area contributed by atoms with Crippen LogP contribution in [-0.2, 0) is 16.8 Å². The van der Waals surface area contributed by atoms with Gasteiger partial charge < -0.3 is 33.5 Å². The van der Waals surface area contributed by atoms with Crippen LogP contribution < -0.4 is 43.2 Å². The van der Waals surface area contributed by atoms with Crippen LogP contribution in [0.1, 0.15) is 17.2 Å². The number of rotatable bonds is 4. The van der Waals surface area contributed by atoms with E-state index in [2.05, 4.69) is 4.18 Å². The molecule has 3 N–H and O–H groups in total. The summed E-state index contributed by atoms with van der Waals surface area (Å²) in [5, 5.41) is 29.8. The molecule has 2 atom stereocenters. The zero-order valence-corrected chi connectivity index (χ0v) is 17.3. The van der Waals surface area contributed by atoms with E-state index in [4.69, 9.17) is 9.47 Å². The summed E-state index contributed by atoms with van der Waals surface area (Å²) >= 11 is 0. The minimum Gasteiger partial charge on any atom is -0.716 e. The Balaban J connectivity index is 0.00000261. The van der Waals surface area contributed by atoms with Crippen molar-refractivity contribution in [1.29, 1.82) is 0 Å². The molecular weight excluding hydrogens is 391 g/mol. The van der Waals surface area contributed by atoms with Crippen molar-refractivity contribution in [1.82, 2.24) is 0 Å². The van der Waals surface area contributed by atoms with Gasteiger partial charge in [0.05, 0.1) is 13.2 Å². The van der Waals surface area contributed by atoms with Crippen molar-refractivity contribution in [3.8, 4) is 28.7 Å². The average Bonchev–Trinajstić information content (AvgIpc) is 2.54. The van der Waals surface area contributed by atoms with Gasteiger partial charge in [-0.1, -0.05) is 6.07 Å². The van der Waals surface area contributed by atoms with E-state index in [1.807, 2.05) is 0 Å². The van der Waals surface area contributed by atoms with Gasteiger partial charge in [-0.2, -0.15) is 0 Å². The van der Waals surface area contributed by atoms with Crippen molar-refractivity contribution in [2.45, 2.75) is 18.6 Å². The summed E-state index contributed by atoms with van der Waals surface area (Å²) in [5.41, 5.74) is 0.773. The molecule has 11 heteroatoms. The van der Waals surface area contributed by atoms with Gasteiger partial charge >= 0.3 is 29.6 Å². The van der Waals surface area contributed by atoms with Gasteiger partial charge in [0.2, 0.25) is 0 Å². The van der Waals surface area contributed by atoms with Gasteiger partial charge in [0.15, 0.2) is 11.5 Å². The molecule has 0 saturated carbocycles. The molecular formula is C16H15NaO9S. The second kappa shape index (κ2) is 8.13. The molecule has 1 aliphatic heterocycles. The van der Waals surface area contributed by atoms with Gasteiger partial charge in [-0.25, -0.2) is 8.42 Å². The second-order valence-electron chi connectivity index (χ2n) is 5.65. The number of benzene rings is 2. The van der Waals surface area contributed by atoms with Gasteiger partial charge in [-0.15, -0.1) is 0 Å². The van der Waals surface area contributed by atoms with E-state index in [0.717, 1.165) is 6.07 Å². The minimum atomic E-state index is -4.97. The summed E-state index contributed by atoms with van der Waals surface area (Å²) in [4.78, 5) is 0. The molecule has 2 aromatic rings. The van der Waals surface area contributed by atoms with Crippen LogP contribution in [0.4, 0.5) is 0 Å². The van der Waals surface area contributed by atoms with Crippen LogP contribution in [0.15, 0.2) is 30.3 Å². The van der Waals surface area contributed by atoms with Crippen LogP contribution >= 0.6 is 0 Å². The van der Waals surface area contributed by atoms with E-state index in [-0.39, 0.29) is 64.7 Å². The van der Waals surface area contributed by atoms with E-state index >= 15 is 0 Å². The first kappa shape index (κ1) is 21.6. The first-order chi connectivity index (χ1) is 12.2. The molecule has 0 aromatic heterocycles. The van der Waals surface area contributed by atoms with Crippen molar-refractivity contribution in [2.24, 2.45) is 0 Å². The predicted molar refractivity (Wildman–Crippen MR) is 86.2 cm³/mol. The summed E-state index contributed by atoms with van der Waals surface area (Å²) in [5.74, 6) is -0.522. The third-order valence-corrected chi connectivity index (χ3v) is 4.28. The number of methoxy groups -OCH3 is 1. The zero-order chi connectivity index (χ0) is 19.1. The van der Waals surface area contributed by atoms with Crippen molar-refractivity contribution >= 4 is 10.4 Å². The van der Waals surface area contributed by atoms with Gasteiger partial charge in [-0.05, 0) is 17.7 Å². The van der Waals surface area contributed by atoms with Crippen LogP contribution in [0.3, 0.4) is 0 Å². The molecule has 2 aromatic carbocycles. The van der Waals surface area contributed by atoms with E-state index in [0.29, 0.717) is 11.1 Å². The van der Waals surface area contributed by atoms with Crippen LogP contribution in [-0.4, -0.2) is 41.5 Å². The fourth-order valence-corrected chi connectivity index (χ4v) is 3.15. The van der Waals surface area contributed by atoms with Gasteiger partial charge in [-0.3, -0.25) is 0 Å². The topological polar surface area (TPSA) is 146 Å². The number of aliphatic hydroxyl groups excluding tert-OH is 1. The Kier molecular flexibility index (Phi) is 6.51. The number of aliphatic hydroxyl groups is 1. The summed E-state index contributed by atoms with van der Waals surface area (Å²) in [6, 6.07) is 6.43. The van der Waals surface area contributed by atoms with Crippen molar-refractivity contribution in [2.75, 3.05) is 7.11 Å². The van der Waals surface area contributed by atoms with Crippen LogP contribution in [0, 0.1) is 0 Å². The molecule has 1 heterocycles. The maximum Gasteiger partial charge on any atom is 1.00 e. The fraction of sp³-hybridized carbons (Fsp3) is 0.250. The zero-order valence-electron chi connectivity index (χ0n) is 14.4. The molecule has 0 spiro atoms. The third-order valence-electron chi connectivity index (χ3n) is 3.89. The quantitative estimate of drug-likeness (QED) is 0.298. The number of hydrogen-bond acceptors (Lipinski definition) is 9. The van der Waals surface area contributed by atoms with Crippen LogP contribution in [0.2, 0.25) is 0 Å². The maximum absolute atomic E-state index is 10.8. The van der Waals surface area contributed by atoms with E-state index in [9.17, 15) is 28.3 Å². The third kappa shape index (κ3) is 4.78. The Bertz CT molecular complexity index is 945. The summed E-state index contributed by atoms with van der Waals surface area (Å²) in [6.07, 6.45) is -1.84. The molecule has 27 heavy (non-hydrogen) atoms. The SMILES string of the molecule is COc1cc([C@H]2Oc3cc(O)cc(O)c3C[C@H]2O)ccc1OS(=O)(=O)[O-].[Na+]. The summed E-state index contributed by atoms with van der Waals surface area (Å²) in [7, 11) is -3.72. The Labute approximate surface area is 177 Å². The van der Waals surface area contributed by atoms with E-state index in [1.54, 1.807) is 0 Å². The molecule has 9 nitrogen and oxygen atoms in total. The normalized spacial score (nSPS) is 18.6. The molecule has 0 bridgehead atoms. The number of hydrogen-bond donors (Lipinski definition) is 3. The average molecular weight is 406 g/mol. The molecule has 0 amide bonds. The number of fused-ring (bicyclic) bond motifs is 1. The minimum absolute atomic E-state index is 0. The number of ether oxygens (including phenoxy) is 2. The number of phenols is 2. The smallest absolute Gasteiger partial charge is 0.716 e. The molecule has 3 rings (SSSR count). The molecule has 0 saturated heterocycles. The first-order valence-corrected chi connectivity index (χ1v) is 8.74. The molecule has 0 radical (unpaired) electrons. The number of phenolic OH excluding ortho intramolecular Hbond substituents is 2. The monoisotopic (exact) mass is 406 g/mol. The predicted octanol–water partition coefficient (Wildman–Crippen LogP) is -2.01. The Morgan fingerprint density at radius 2 is 1.89 bits per heavy atom. The number of aromatic hydroxyl groups is 2. The molecule has 0 aliphatic carbocycles. The second-order valence-corrected chi connectivity index (χ2v) is 6.64. The summed E-state index contributed by atoms with van der Waals surface area (Å²) < 4.78 is 47.3. The Hall–Kier alpha value is -1.69. The van der Waals surface area contributed by atoms with E-state index in [1.165, 1.54) is 31.4 Å². The van der Waals surface area contributed by atoms with Crippen molar-refractivity contribution < 1.29 is 71.5 Å². The standard InChI is InChI=1S/C16H16O9S.Na/c1-23-15-4-8(2-3-13(15)25-26(20,21)22)16-12(19)7-10-11(18)5-9(17)6-14(10)24-16;/h2-6,12,16-19H,7H2,1H3,(H,20,21,22);/q;+1/p-1/t12-,16-;/m1./s1. The molecule has 0 unspecified atom stereocenters. The molecule has 140 valence electrons. The molecule has 0 fully saturated rings. The van der Waals surface area contributed by atoms with Crippen molar-refractivity contribution in [3.05, 3.63) is 41.5 Å². The van der Waals surface area contributed by atoms with Crippen molar-refractivity contribution in [3.63, 3.8) is 0 Å². The maximum atomic E-state index is 10.8. The fourth-order valence-electron chi connectivity index (χ4n) is 2.79. The van der Waals surface area contributed by atoms with Gasteiger partial charge in [0.25, 0.3) is 10.4 Å². The summed E-state index contributed by atoms with van der Waals surface area (Å²) in [6.45, 7) is 0. The molecule has 1 aliphatic rings. The Morgan fingerprint density at radius 1 is 1.19 bits per heavy atom. The largest absolute Gasteiger partial charge is 1.00 e. The van der Waals surface area contributed by atoms with Crippen LogP contribution in [0.25, 0.3) is 0 Å². The van der Waals surface area contributed by atoms with E-state index < -0.39 is 22.6 Å². The van der Waals surface area contributed by atoms with Gasteiger partial charge in [0, 0.05) is 24.1 Å². The van der Waals surface area contributed by atoms with Crippen LogP contribution in [0.5, 0.6) is 28.7 Å². The van der Waals surface area contributed by atoms with Gasteiger partial charge in [0.1, 0.15) is 23.4 Å². The first-order valence-electron chi connectivity index (χ1n) is 7.40. The Morgan fingerprint density at radius 3 is 2.52 bits per heavy atom.